The third-order valence-electron chi connectivity index (χ3n) is 4.63. The number of nitrogens with zero attached hydrogens (tertiary/aromatic N) is 3. The Balaban J connectivity index is 1.73. The second kappa shape index (κ2) is 7.08. The van der Waals surface area contributed by atoms with Crippen LogP contribution in [0.15, 0.2) is 46.0 Å². The summed E-state index contributed by atoms with van der Waals surface area (Å²) in [6, 6.07) is 9.40. The van der Waals surface area contributed by atoms with Crippen LogP contribution in [0.3, 0.4) is 0 Å². The van der Waals surface area contributed by atoms with Crippen molar-refractivity contribution in [1.29, 1.82) is 0 Å². The minimum atomic E-state index is -0.0771. The summed E-state index contributed by atoms with van der Waals surface area (Å²) in [6.07, 6.45) is 4.30. The zero-order valence-corrected chi connectivity index (χ0v) is 16.2. The van der Waals surface area contributed by atoms with E-state index in [-0.39, 0.29) is 5.91 Å². The summed E-state index contributed by atoms with van der Waals surface area (Å²) in [6.45, 7) is 2.47. The quantitative estimate of drug-likeness (QED) is 0.503. The van der Waals surface area contributed by atoms with Gasteiger partial charge in [-0.3, -0.25) is 4.79 Å². The lowest BCUT2D eigenvalue weighted by molar-refractivity contribution is 0.0984. The Morgan fingerprint density at radius 3 is 2.85 bits per heavy atom. The topological polar surface area (TPSA) is 68.5 Å². The van der Waals surface area contributed by atoms with Crippen LogP contribution in [0.5, 0.6) is 5.75 Å². The number of fused-ring (bicyclic) bond motifs is 1. The van der Waals surface area contributed by atoms with Gasteiger partial charge in [0.25, 0.3) is 5.91 Å². The summed E-state index contributed by atoms with van der Waals surface area (Å²) in [5.41, 5.74) is 3.22. The first-order valence-electron chi connectivity index (χ1n) is 8.57. The lowest BCUT2D eigenvalue weighted by Gasteiger charge is -2.20. The number of aromatic nitrogens is 2. The summed E-state index contributed by atoms with van der Waals surface area (Å²) < 4.78 is 10.7. The molecule has 0 spiro atoms. The van der Waals surface area contributed by atoms with E-state index in [0.717, 1.165) is 23.4 Å². The first kappa shape index (κ1) is 17.6. The van der Waals surface area contributed by atoms with Crippen LogP contribution in [-0.2, 0) is 6.42 Å². The smallest absolute Gasteiger partial charge is 0.262 e. The van der Waals surface area contributed by atoms with Crippen molar-refractivity contribution in [2.45, 2.75) is 18.4 Å². The number of ether oxygens (including phenoxy) is 1. The van der Waals surface area contributed by atoms with E-state index in [1.165, 1.54) is 11.8 Å². The molecule has 4 rings (SSSR count). The summed E-state index contributed by atoms with van der Waals surface area (Å²) in [5.74, 6) is 1.80. The van der Waals surface area contributed by atoms with E-state index in [4.69, 9.17) is 9.15 Å². The molecule has 0 saturated heterocycles. The molecular formula is C20H19N3O3S. The van der Waals surface area contributed by atoms with Gasteiger partial charge in [0.1, 0.15) is 10.8 Å². The van der Waals surface area contributed by atoms with Crippen molar-refractivity contribution in [3.05, 3.63) is 53.4 Å². The van der Waals surface area contributed by atoms with Crippen molar-refractivity contribution in [2.75, 3.05) is 24.8 Å². The molecular weight excluding hydrogens is 362 g/mol. The number of aryl methyl sites for hydroxylation is 1. The molecule has 0 atom stereocenters. The standard InChI is InChI=1S/C20H19N3O3S/c1-12-17(19(27-3)22-18(21-12)16-5-4-10-26-16)20(24)23-9-8-13-11-14(25-2)6-7-15(13)23/h4-7,10-11H,8-9H2,1-3H3. The maximum atomic E-state index is 13.3. The molecule has 2 aromatic heterocycles. The Morgan fingerprint density at radius 1 is 1.30 bits per heavy atom. The fourth-order valence-electron chi connectivity index (χ4n) is 3.31. The average molecular weight is 381 g/mol. The number of carbonyl (C=O) groups excluding carboxylic acids is 1. The van der Waals surface area contributed by atoms with Crippen LogP contribution >= 0.6 is 11.8 Å². The van der Waals surface area contributed by atoms with E-state index in [1.807, 2.05) is 37.4 Å². The Labute approximate surface area is 161 Å². The molecule has 0 aliphatic carbocycles. The molecule has 7 heteroatoms. The number of hydrogen-bond acceptors (Lipinski definition) is 6. The molecule has 3 aromatic rings. The molecule has 0 saturated carbocycles. The van der Waals surface area contributed by atoms with Crippen LogP contribution in [0.1, 0.15) is 21.6 Å². The van der Waals surface area contributed by atoms with Gasteiger partial charge in [0, 0.05) is 12.2 Å². The van der Waals surface area contributed by atoms with E-state index < -0.39 is 0 Å². The fourth-order valence-corrected chi connectivity index (χ4v) is 3.92. The van der Waals surface area contributed by atoms with Crippen molar-refractivity contribution < 1.29 is 13.9 Å². The van der Waals surface area contributed by atoms with Crippen LogP contribution in [0.2, 0.25) is 0 Å². The van der Waals surface area contributed by atoms with Crippen LogP contribution in [0.25, 0.3) is 11.6 Å². The van der Waals surface area contributed by atoms with Crippen molar-refractivity contribution in [3.63, 3.8) is 0 Å². The Morgan fingerprint density at radius 2 is 2.15 bits per heavy atom. The van der Waals surface area contributed by atoms with Crippen molar-refractivity contribution in [2.24, 2.45) is 0 Å². The monoisotopic (exact) mass is 381 g/mol. The number of methoxy groups -OCH3 is 1. The van der Waals surface area contributed by atoms with Gasteiger partial charge in [0.05, 0.1) is 24.6 Å². The van der Waals surface area contributed by atoms with Gasteiger partial charge in [0.15, 0.2) is 11.6 Å². The van der Waals surface area contributed by atoms with Gasteiger partial charge >= 0.3 is 0 Å². The molecule has 3 heterocycles. The summed E-state index contributed by atoms with van der Waals surface area (Å²) in [7, 11) is 1.64. The SMILES string of the molecule is COc1ccc2c(c1)CCN2C(=O)c1c(C)nc(-c2ccco2)nc1SC. The molecule has 1 amide bonds. The molecule has 0 fully saturated rings. The maximum absolute atomic E-state index is 13.3. The van der Waals surface area contributed by atoms with Gasteiger partial charge in [-0.1, -0.05) is 0 Å². The van der Waals surface area contributed by atoms with Crippen LogP contribution in [-0.4, -0.2) is 35.8 Å². The third kappa shape index (κ3) is 3.08. The first-order chi connectivity index (χ1) is 13.1. The summed E-state index contributed by atoms with van der Waals surface area (Å²) in [5, 5.41) is 0.654. The van der Waals surface area contributed by atoms with Gasteiger partial charge in [-0.2, -0.15) is 0 Å². The van der Waals surface area contributed by atoms with E-state index in [9.17, 15) is 4.79 Å². The number of amides is 1. The molecule has 138 valence electrons. The normalized spacial score (nSPS) is 12.9. The third-order valence-corrected chi connectivity index (χ3v) is 5.31. The van der Waals surface area contributed by atoms with Gasteiger partial charge in [-0.25, -0.2) is 9.97 Å². The summed E-state index contributed by atoms with van der Waals surface area (Å²) >= 11 is 1.44. The number of hydrogen-bond donors (Lipinski definition) is 0. The van der Waals surface area contributed by atoms with E-state index in [1.54, 1.807) is 24.3 Å². The zero-order valence-electron chi connectivity index (χ0n) is 15.4. The number of anilines is 1. The first-order valence-corrected chi connectivity index (χ1v) is 9.80. The van der Waals surface area contributed by atoms with Crippen molar-refractivity contribution >= 4 is 23.4 Å². The molecule has 0 N–H and O–H groups in total. The number of benzene rings is 1. The van der Waals surface area contributed by atoms with Gasteiger partial charge in [0.2, 0.25) is 0 Å². The predicted molar refractivity (Wildman–Crippen MR) is 105 cm³/mol. The lowest BCUT2D eigenvalue weighted by atomic mass is 10.1. The van der Waals surface area contributed by atoms with E-state index >= 15 is 0 Å². The van der Waals surface area contributed by atoms with Crippen molar-refractivity contribution in [1.82, 2.24) is 9.97 Å². The number of thioether (sulfide) groups is 1. The fraction of sp³-hybridized carbons (Fsp3) is 0.250. The van der Waals surface area contributed by atoms with E-state index in [2.05, 4.69) is 9.97 Å². The van der Waals surface area contributed by atoms with Gasteiger partial charge < -0.3 is 14.1 Å². The maximum Gasteiger partial charge on any atom is 0.262 e. The van der Waals surface area contributed by atoms with Crippen LogP contribution < -0.4 is 9.64 Å². The lowest BCUT2D eigenvalue weighted by Crippen LogP contribution is -2.30. The highest BCUT2D eigenvalue weighted by Gasteiger charge is 2.30. The Bertz CT molecular complexity index is 1000. The number of rotatable bonds is 4. The Hall–Kier alpha value is -2.80. The molecule has 1 aliphatic heterocycles. The molecule has 0 radical (unpaired) electrons. The second-order valence-electron chi connectivity index (χ2n) is 6.20. The minimum Gasteiger partial charge on any atom is -0.497 e. The van der Waals surface area contributed by atoms with Gasteiger partial charge in [-0.05, 0) is 55.5 Å². The second-order valence-corrected chi connectivity index (χ2v) is 6.99. The Kier molecular flexibility index (Phi) is 4.61. The zero-order chi connectivity index (χ0) is 19.0. The van der Waals surface area contributed by atoms with Crippen molar-refractivity contribution in [3.8, 4) is 17.3 Å². The number of carbonyl (C=O) groups is 1. The highest BCUT2D eigenvalue weighted by Crippen LogP contribution is 2.34. The van der Waals surface area contributed by atoms with E-state index in [0.29, 0.717) is 34.4 Å². The van der Waals surface area contributed by atoms with Crippen LogP contribution in [0.4, 0.5) is 5.69 Å². The summed E-state index contributed by atoms with van der Waals surface area (Å²) in [4.78, 5) is 24.2. The highest BCUT2D eigenvalue weighted by molar-refractivity contribution is 7.98. The molecule has 1 aromatic carbocycles. The number of furan rings is 1. The minimum absolute atomic E-state index is 0.0771. The molecule has 0 bridgehead atoms. The highest BCUT2D eigenvalue weighted by atomic mass is 32.2. The molecule has 6 nitrogen and oxygen atoms in total. The van der Waals surface area contributed by atoms with Gasteiger partial charge in [-0.15, -0.1) is 11.8 Å². The van der Waals surface area contributed by atoms with Crippen LogP contribution in [0, 0.1) is 6.92 Å². The largest absolute Gasteiger partial charge is 0.497 e. The molecule has 1 aliphatic rings. The molecule has 0 unspecified atom stereocenters. The molecule has 27 heavy (non-hydrogen) atoms. The average Bonchev–Trinajstić information content (AvgIpc) is 3.36. The predicted octanol–water partition coefficient (Wildman–Crippen LogP) is 3.98.